The van der Waals surface area contributed by atoms with Crippen LogP contribution in [0, 0.1) is 6.92 Å². The topological polar surface area (TPSA) is 71.1 Å². The van der Waals surface area contributed by atoms with Gasteiger partial charge in [-0.2, -0.15) is 0 Å². The number of hydrogen-bond donors (Lipinski definition) is 0. The van der Waals surface area contributed by atoms with Crippen LogP contribution in [0.4, 0.5) is 0 Å². The molecule has 2 aromatic rings. The minimum absolute atomic E-state index is 0.0662. The summed E-state index contributed by atoms with van der Waals surface area (Å²) in [4.78, 5) is 23.5. The van der Waals surface area contributed by atoms with Crippen molar-refractivity contribution in [1.29, 1.82) is 0 Å². The van der Waals surface area contributed by atoms with E-state index in [4.69, 9.17) is 18.9 Å². The van der Waals surface area contributed by atoms with Gasteiger partial charge in [-0.05, 0) is 63.3 Å². The van der Waals surface area contributed by atoms with Crippen molar-refractivity contribution in [3.8, 4) is 23.0 Å². The number of esters is 2. The molecule has 4 rings (SSSR count). The maximum Gasteiger partial charge on any atom is 0.308 e. The minimum atomic E-state index is -0.419. The van der Waals surface area contributed by atoms with Crippen molar-refractivity contribution in [2.75, 3.05) is 7.11 Å². The molecule has 0 aromatic heterocycles. The first-order chi connectivity index (χ1) is 14.6. The average molecular weight is 424 g/mol. The predicted molar refractivity (Wildman–Crippen MR) is 115 cm³/mol. The first-order valence-electron chi connectivity index (χ1n) is 10.5. The molecule has 0 fully saturated rings. The van der Waals surface area contributed by atoms with Gasteiger partial charge in [0.25, 0.3) is 0 Å². The van der Waals surface area contributed by atoms with Crippen LogP contribution in [-0.4, -0.2) is 24.6 Å². The largest absolute Gasteiger partial charge is 0.493 e. The molecule has 1 unspecified atom stereocenters. The van der Waals surface area contributed by atoms with Gasteiger partial charge in [0.05, 0.1) is 7.11 Å². The van der Waals surface area contributed by atoms with Gasteiger partial charge in [0.2, 0.25) is 0 Å². The first-order valence-corrected chi connectivity index (χ1v) is 10.5. The van der Waals surface area contributed by atoms with Crippen molar-refractivity contribution in [2.45, 2.75) is 65.4 Å². The number of carbonyl (C=O) groups excluding carboxylic acids is 2. The van der Waals surface area contributed by atoms with Crippen LogP contribution < -0.4 is 18.9 Å². The lowest BCUT2D eigenvalue weighted by Gasteiger charge is -2.40. The Morgan fingerprint density at radius 1 is 1.06 bits per heavy atom. The number of ether oxygens (including phenoxy) is 4. The second-order valence-electron chi connectivity index (χ2n) is 8.87. The first kappa shape index (κ1) is 21.2. The maximum atomic E-state index is 11.8. The van der Waals surface area contributed by atoms with Crippen molar-refractivity contribution in [3.05, 3.63) is 46.0 Å². The molecule has 31 heavy (non-hydrogen) atoms. The predicted octanol–water partition coefficient (Wildman–Crippen LogP) is 4.65. The Morgan fingerprint density at radius 3 is 2.42 bits per heavy atom. The van der Waals surface area contributed by atoms with E-state index in [9.17, 15) is 9.59 Å². The molecule has 1 aliphatic carbocycles. The summed E-state index contributed by atoms with van der Waals surface area (Å²) >= 11 is 0. The highest BCUT2D eigenvalue weighted by Crippen LogP contribution is 2.53. The monoisotopic (exact) mass is 424 g/mol. The number of hydrogen-bond acceptors (Lipinski definition) is 6. The number of rotatable bonds is 3. The van der Waals surface area contributed by atoms with Gasteiger partial charge in [0, 0.05) is 36.5 Å². The van der Waals surface area contributed by atoms with Gasteiger partial charge >= 0.3 is 11.9 Å². The highest BCUT2D eigenvalue weighted by atomic mass is 16.6. The normalized spacial score (nSPS) is 18.1. The Kier molecular flexibility index (Phi) is 5.20. The summed E-state index contributed by atoms with van der Waals surface area (Å²) in [5.74, 6) is 1.67. The van der Waals surface area contributed by atoms with Gasteiger partial charge in [-0.3, -0.25) is 9.59 Å². The van der Waals surface area contributed by atoms with Crippen molar-refractivity contribution >= 4 is 11.9 Å². The van der Waals surface area contributed by atoms with Crippen LogP contribution in [0.2, 0.25) is 0 Å². The zero-order valence-electron chi connectivity index (χ0n) is 18.9. The summed E-state index contributed by atoms with van der Waals surface area (Å²) in [5, 5.41) is 0. The SMILES string of the molecule is COc1ccc2c(c1OC(C)=O)CCc1cc(OC(C)=O)c(C)c3c1C2CC(C)(C)O3. The van der Waals surface area contributed by atoms with Gasteiger partial charge in [-0.1, -0.05) is 6.07 Å². The van der Waals surface area contributed by atoms with Crippen molar-refractivity contribution < 1.29 is 28.5 Å². The molecule has 2 aliphatic rings. The summed E-state index contributed by atoms with van der Waals surface area (Å²) in [7, 11) is 1.57. The van der Waals surface area contributed by atoms with E-state index in [1.165, 1.54) is 13.8 Å². The zero-order chi connectivity index (χ0) is 22.5. The molecule has 164 valence electrons. The molecule has 0 spiro atoms. The summed E-state index contributed by atoms with van der Waals surface area (Å²) in [6.45, 7) is 8.85. The van der Waals surface area contributed by atoms with Crippen LogP contribution in [0.1, 0.15) is 67.9 Å². The molecular formula is C25H28O6. The Balaban J connectivity index is 1.96. The minimum Gasteiger partial charge on any atom is -0.493 e. The third-order valence-electron chi connectivity index (χ3n) is 6.03. The van der Waals surface area contributed by atoms with Gasteiger partial charge in [0.15, 0.2) is 11.5 Å². The fourth-order valence-electron chi connectivity index (χ4n) is 4.84. The van der Waals surface area contributed by atoms with Crippen molar-refractivity contribution in [2.24, 2.45) is 0 Å². The van der Waals surface area contributed by atoms with E-state index < -0.39 is 5.60 Å². The van der Waals surface area contributed by atoms with Crippen LogP contribution in [0.25, 0.3) is 0 Å². The van der Waals surface area contributed by atoms with Gasteiger partial charge in [-0.15, -0.1) is 0 Å². The fourth-order valence-corrected chi connectivity index (χ4v) is 4.84. The third-order valence-corrected chi connectivity index (χ3v) is 6.03. The molecule has 0 bridgehead atoms. The summed E-state index contributed by atoms with van der Waals surface area (Å²) in [6.07, 6.45) is 2.14. The number of fused-ring (bicyclic) bond motifs is 2. The third kappa shape index (κ3) is 3.75. The molecule has 0 N–H and O–H groups in total. The average Bonchev–Trinajstić information content (AvgIpc) is 2.82. The zero-order valence-corrected chi connectivity index (χ0v) is 18.9. The van der Waals surface area contributed by atoms with E-state index in [1.54, 1.807) is 7.11 Å². The summed E-state index contributed by atoms with van der Waals surface area (Å²) in [5.41, 5.74) is 4.72. The molecule has 0 saturated carbocycles. The quantitative estimate of drug-likeness (QED) is 0.528. The molecule has 0 amide bonds. The number of aryl methyl sites for hydroxylation is 1. The van der Waals surface area contributed by atoms with E-state index in [2.05, 4.69) is 19.9 Å². The second-order valence-corrected chi connectivity index (χ2v) is 8.87. The summed E-state index contributed by atoms with van der Waals surface area (Å²) in [6, 6.07) is 5.89. The fraction of sp³-hybridized carbons (Fsp3) is 0.440. The Morgan fingerprint density at radius 2 is 1.77 bits per heavy atom. The van der Waals surface area contributed by atoms with Crippen molar-refractivity contribution in [1.82, 2.24) is 0 Å². The Hall–Kier alpha value is -3.02. The molecule has 6 nitrogen and oxygen atoms in total. The lowest BCUT2D eigenvalue weighted by Crippen LogP contribution is -2.36. The van der Waals surface area contributed by atoms with Crippen LogP contribution in [0.15, 0.2) is 18.2 Å². The van der Waals surface area contributed by atoms with Crippen LogP contribution in [0.3, 0.4) is 0 Å². The summed E-state index contributed by atoms with van der Waals surface area (Å²) < 4.78 is 23.0. The van der Waals surface area contributed by atoms with Gasteiger partial charge in [0.1, 0.15) is 17.1 Å². The van der Waals surface area contributed by atoms with E-state index in [0.29, 0.717) is 30.1 Å². The van der Waals surface area contributed by atoms with Crippen LogP contribution in [0.5, 0.6) is 23.0 Å². The van der Waals surface area contributed by atoms with E-state index in [1.807, 2.05) is 19.1 Å². The van der Waals surface area contributed by atoms with Crippen molar-refractivity contribution in [3.63, 3.8) is 0 Å². The smallest absolute Gasteiger partial charge is 0.308 e. The highest BCUT2D eigenvalue weighted by molar-refractivity contribution is 5.73. The molecule has 1 aliphatic heterocycles. The van der Waals surface area contributed by atoms with E-state index in [0.717, 1.165) is 40.0 Å². The lowest BCUT2D eigenvalue weighted by molar-refractivity contribution is -0.132. The maximum absolute atomic E-state index is 11.8. The van der Waals surface area contributed by atoms with E-state index in [-0.39, 0.29) is 17.9 Å². The molecule has 1 heterocycles. The molecule has 2 aromatic carbocycles. The lowest BCUT2D eigenvalue weighted by atomic mass is 9.77. The molecule has 6 heteroatoms. The van der Waals surface area contributed by atoms with Crippen LogP contribution in [-0.2, 0) is 22.4 Å². The van der Waals surface area contributed by atoms with Crippen LogP contribution >= 0.6 is 0 Å². The molecule has 1 atom stereocenters. The highest BCUT2D eigenvalue weighted by Gasteiger charge is 2.41. The standard InChI is InChI=1S/C25H28O6/c1-13-21(29-14(2)26)11-16-7-8-18-17(9-10-20(28-6)24(18)30-15(3)27)19-12-25(4,5)31-23(13)22(16)19/h9-11,19H,7-8,12H2,1-6H3. The van der Waals surface area contributed by atoms with Gasteiger partial charge in [-0.25, -0.2) is 0 Å². The van der Waals surface area contributed by atoms with E-state index >= 15 is 0 Å². The molecule has 0 saturated heterocycles. The Labute approximate surface area is 182 Å². The number of carbonyl (C=O) groups is 2. The van der Waals surface area contributed by atoms with Gasteiger partial charge < -0.3 is 18.9 Å². The second kappa shape index (κ2) is 7.59. The number of benzene rings is 2. The number of methoxy groups -OCH3 is 1. The molecule has 0 radical (unpaired) electrons. The Bertz CT molecular complexity index is 1080. The molecular weight excluding hydrogens is 396 g/mol.